The molecule has 112 valence electrons. The molecule has 1 N–H and O–H groups in total. The van der Waals surface area contributed by atoms with Gasteiger partial charge in [0.2, 0.25) is 0 Å². The number of imidazole rings is 1. The molecule has 2 heterocycles. The first-order valence-electron chi connectivity index (χ1n) is 7.69. The molecule has 1 aromatic carbocycles. The first-order valence-corrected chi connectivity index (χ1v) is 8.10. The van der Waals surface area contributed by atoms with Crippen molar-refractivity contribution in [2.45, 2.75) is 45.8 Å². The Balaban J connectivity index is 1.74. The minimum atomic E-state index is 0.589. The number of nitrogens with one attached hydrogen (secondary N) is 1. The third-order valence-corrected chi connectivity index (χ3v) is 4.93. The quantitative estimate of drug-likeness (QED) is 0.868. The maximum atomic E-state index is 5.45. The Bertz CT molecular complexity index is 656. The fourth-order valence-corrected chi connectivity index (χ4v) is 3.60. The molecule has 0 bridgehead atoms. The molecule has 21 heavy (non-hydrogen) atoms. The summed E-state index contributed by atoms with van der Waals surface area (Å²) >= 11 is 5.45. The molecule has 0 saturated carbocycles. The second-order valence-electron chi connectivity index (χ2n) is 6.00. The molecule has 1 aliphatic heterocycles. The second-order valence-corrected chi connectivity index (χ2v) is 6.39. The van der Waals surface area contributed by atoms with Crippen LogP contribution in [0.25, 0.3) is 0 Å². The fourth-order valence-electron chi connectivity index (χ4n) is 3.23. The van der Waals surface area contributed by atoms with Gasteiger partial charge in [0.05, 0.1) is 0 Å². The summed E-state index contributed by atoms with van der Waals surface area (Å²) in [4.78, 5) is 5.87. The lowest BCUT2D eigenvalue weighted by molar-refractivity contribution is 0.223. The van der Waals surface area contributed by atoms with Crippen molar-refractivity contribution in [3.05, 3.63) is 52.1 Å². The number of benzene rings is 1. The number of hydrogen-bond donors (Lipinski definition) is 1. The minimum absolute atomic E-state index is 0.589. The Morgan fingerprint density at radius 2 is 2.00 bits per heavy atom. The summed E-state index contributed by atoms with van der Waals surface area (Å²) in [5.41, 5.74) is 3.86. The molecule has 0 spiro atoms. The van der Waals surface area contributed by atoms with Gasteiger partial charge in [0.1, 0.15) is 0 Å². The van der Waals surface area contributed by atoms with Crippen molar-refractivity contribution in [3.63, 3.8) is 0 Å². The zero-order valence-corrected chi connectivity index (χ0v) is 13.6. The highest BCUT2D eigenvalue weighted by Gasteiger charge is 2.25. The fraction of sp³-hybridized carbons (Fsp3) is 0.471. The van der Waals surface area contributed by atoms with E-state index in [0.717, 1.165) is 17.9 Å². The highest BCUT2D eigenvalue weighted by Crippen LogP contribution is 2.22. The van der Waals surface area contributed by atoms with Gasteiger partial charge in [-0.25, -0.2) is 0 Å². The molecule has 4 heteroatoms. The van der Waals surface area contributed by atoms with Crippen LogP contribution in [0, 0.1) is 18.6 Å². The van der Waals surface area contributed by atoms with E-state index >= 15 is 0 Å². The first kappa shape index (κ1) is 14.5. The molecular formula is C17H23N3S. The first-order chi connectivity index (χ1) is 10.1. The zero-order valence-electron chi connectivity index (χ0n) is 12.8. The van der Waals surface area contributed by atoms with E-state index in [1.54, 1.807) is 0 Å². The Labute approximate surface area is 131 Å². The standard InChI is InChI=1S/C17H23N3S/c1-13-14(2)20(17(21)18-13)12-16-9-6-10-19(16)11-15-7-4-3-5-8-15/h3-5,7-8,16H,6,9-12H2,1-2H3,(H,18,21)/t16-/m0/s1. The summed E-state index contributed by atoms with van der Waals surface area (Å²) in [5, 5.41) is 0. The Hall–Kier alpha value is -1.39. The molecule has 1 saturated heterocycles. The summed E-state index contributed by atoms with van der Waals surface area (Å²) in [7, 11) is 0. The molecule has 1 fully saturated rings. The molecule has 2 aromatic rings. The van der Waals surface area contributed by atoms with Crippen LogP contribution < -0.4 is 0 Å². The number of H-pyrrole nitrogens is 1. The van der Waals surface area contributed by atoms with Gasteiger partial charge in [0, 0.05) is 30.5 Å². The van der Waals surface area contributed by atoms with Gasteiger partial charge in [-0.1, -0.05) is 30.3 Å². The maximum absolute atomic E-state index is 5.45. The predicted octanol–water partition coefficient (Wildman–Crippen LogP) is 3.83. The summed E-state index contributed by atoms with van der Waals surface area (Å²) in [6, 6.07) is 11.3. The van der Waals surface area contributed by atoms with E-state index in [-0.39, 0.29) is 0 Å². The SMILES string of the molecule is Cc1[nH]c(=S)n(C[C@@H]2CCCN2Cc2ccccc2)c1C. The van der Waals surface area contributed by atoms with E-state index in [1.165, 1.54) is 36.3 Å². The van der Waals surface area contributed by atoms with Gasteiger partial charge >= 0.3 is 0 Å². The van der Waals surface area contributed by atoms with E-state index in [0.29, 0.717) is 6.04 Å². The molecule has 0 radical (unpaired) electrons. The van der Waals surface area contributed by atoms with Crippen molar-refractivity contribution < 1.29 is 0 Å². The van der Waals surface area contributed by atoms with Crippen molar-refractivity contribution >= 4 is 12.2 Å². The molecule has 3 rings (SSSR count). The molecule has 1 aromatic heterocycles. The smallest absolute Gasteiger partial charge is 0.177 e. The Morgan fingerprint density at radius 3 is 2.67 bits per heavy atom. The summed E-state index contributed by atoms with van der Waals surface area (Å²) < 4.78 is 3.12. The van der Waals surface area contributed by atoms with Crippen molar-refractivity contribution in [3.8, 4) is 0 Å². The number of nitrogens with zero attached hydrogens (tertiary/aromatic N) is 2. The van der Waals surface area contributed by atoms with Crippen molar-refractivity contribution in [1.29, 1.82) is 0 Å². The van der Waals surface area contributed by atoms with Crippen LogP contribution in [-0.4, -0.2) is 27.0 Å². The number of likely N-dealkylation sites (tertiary alicyclic amines) is 1. The van der Waals surface area contributed by atoms with Crippen LogP contribution in [0.1, 0.15) is 29.8 Å². The normalized spacial score (nSPS) is 19.2. The van der Waals surface area contributed by atoms with E-state index in [1.807, 2.05) is 0 Å². The average molecular weight is 301 g/mol. The van der Waals surface area contributed by atoms with Crippen molar-refractivity contribution in [2.24, 2.45) is 0 Å². The number of hydrogen-bond acceptors (Lipinski definition) is 2. The zero-order chi connectivity index (χ0) is 14.8. The number of rotatable bonds is 4. The molecule has 1 aliphatic rings. The Kier molecular flexibility index (Phi) is 4.27. The van der Waals surface area contributed by atoms with Gasteiger partial charge in [-0.3, -0.25) is 4.90 Å². The molecule has 0 aliphatic carbocycles. The van der Waals surface area contributed by atoms with Gasteiger partial charge in [0.25, 0.3) is 0 Å². The predicted molar refractivity (Wildman–Crippen MR) is 89.0 cm³/mol. The van der Waals surface area contributed by atoms with Crippen molar-refractivity contribution in [1.82, 2.24) is 14.5 Å². The highest BCUT2D eigenvalue weighted by atomic mass is 32.1. The van der Waals surface area contributed by atoms with Crippen LogP contribution >= 0.6 is 12.2 Å². The highest BCUT2D eigenvalue weighted by molar-refractivity contribution is 7.71. The van der Waals surface area contributed by atoms with Gasteiger partial charge in [-0.2, -0.15) is 0 Å². The molecule has 1 atom stereocenters. The third kappa shape index (κ3) is 3.11. The van der Waals surface area contributed by atoms with Gasteiger partial charge < -0.3 is 9.55 Å². The monoisotopic (exact) mass is 301 g/mol. The van der Waals surface area contributed by atoms with Crippen LogP contribution in [0.2, 0.25) is 0 Å². The lowest BCUT2D eigenvalue weighted by atomic mass is 10.2. The summed E-state index contributed by atoms with van der Waals surface area (Å²) in [5.74, 6) is 0. The summed E-state index contributed by atoms with van der Waals surface area (Å²) in [6.45, 7) is 7.48. The van der Waals surface area contributed by atoms with Crippen LogP contribution in [0.5, 0.6) is 0 Å². The second kappa shape index (κ2) is 6.16. The topological polar surface area (TPSA) is 24.0 Å². The van der Waals surface area contributed by atoms with E-state index in [2.05, 4.69) is 58.6 Å². The lowest BCUT2D eigenvalue weighted by Crippen LogP contribution is -2.32. The van der Waals surface area contributed by atoms with Gasteiger partial charge in [-0.15, -0.1) is 0 Å². The number of aromatic nitrogens is 2. The van der Waals surface area contributed by atoms with E-state index in [9.17, 15) is 0 Å². The van der Waals surface area contributed by atoms with Crippen LogP contribution in [0.4, 0.5) is 0 Å². The minimum Gasteiger partial charge on any atom is -0.335 e. The van der Waals surface area contributed by atoms with Crippen LogP contribution in [-0.2, 0) is 13.1 Å². The molecular weight excluding hydrogens is 278 g/mol. The Morgan fingerprint density at radius 1 is 1.24 bits per heavy atom. The van der Waals surface area contributed by atoms with Gasteiger partial charge in [-0.05, 0) is 51.0 Å². The number of aryl methyl sites for hydroxylation is 1. The third-order valence-electron chi connectivity index (χ3n) is 4.61. The molecule has 0 unspecified atom stereocenters. The van der Waals surface area contributed by atoms with Gasteiger partial charge in [0.15, 0.2) is 4.77 Å². The number of aromatic amines is 1. The van der Waals surface area contributed by atoms with Crippen molar-refractivity contribution in [2.75, 3.05) is 6.54 Å². The molecule has 0 amide bonds. The summed E-state index contributed by atoms with van der Waals surface area (Å²) in [6.07, 6.45) is 2.55. The average Bonchev–Trinajstić information content (AvgIpc) is 3.00. The maximum Gasteiger partial charge on any atom is 0.177 e. The van der Waals surface area contributed by atoms with E-state index < -0.39 is 0 Å². The van der Waals surface area contributed by atoms with Crippen LogP contribution in [0.15, 0.2) is 30.3 Å². The lowest BCUT2D eigenvalue weighted by Gasteiger charge is -2.25. The van der Waals surface area contributed by atoms with Crippen LogP contribution in [0.3, 0.4) is 0 Å². The van der Waals surface area contributed by atoms with E-state index in [4.69, 9.17) is 12.2 Å². The largest absolute Gasteiger partial charge is 0.335 e. The molecule has 3 nitrogen and oxygen atoms in total.